The lowest BCUT2D eigenvalue weighted by molar-refractivity contribution is -0.387. The Kier molecular flexibility index (Phi) is 4.66. The zero-order valence-electron chi connectivity index (χ0n) is 10.9. The minimum absolute atomic E-state index is 0.0187. The second-order valence-electron chi connectivity index (χ2n) is 4.71. The van der Waals surface area contributed by atoms with Crippen molar-refractivity contribution in [3.05, 3.63) is 34.4 Å². The summed E-state index contributed by atoms with van der Waals surface area (Å²) in [5.74, 6) is 0. The number of para-hydroxylation sites is 1. The quantitative estimate of drug-likeness (QED) is 0.664. The van der Waals surface area contributed by atoms with Crippen molar-refractivity contribution in [3.8, 4) is 0 Å². The van der Waals surface area contributed by atoms with Crippen LogP contribution >= 0.6 is 0 Å². The van der Waals surface area contributed by atoms with Crippen molar-refractivity contribution in [1.29, 1.82) is 0 Å². The lowest BCUT2D eigenvalue weighted by atomic mass is 10.2. The van der Waals surface area contributed by atoms with E-state index in [2.05, 4.69) is 5.32 Å². The Labute approximate surface area is 115 Å². The molecule has 0 aromatic heterocycles. The van der Waals surface area contributed by atoms with E-state index in [9.17, 15) is 14.3 Å². The van der Waals surface area contributed by atoms with E-state index in [-0.39, 0.29) is 10.9 Å². The van der Waals surface area contributed by atoms with E-state index in [0.29, 0.717) is 10.9 Å². The number of nitrogens with one attached hydrogen (secondary N) is 1. The Balaban J connectivity index is 2.15. The van der Waals surface area contributed by atoms with Gasteiger partial charge in [-0.3, -0.25) is 14.3 Å². The predicted molar refractivity (Wildman–Crippen MR) is 74.6 cm³/mol. The molecule has 2 rings (SSSR count). The van der Waals surface area contributed by atoms with E-state index in [1.807, 2.05) is 6.92 Å². The fourth-order valence-corrected chi connectivity index (χ4v) is 4.24. The lowest BCUT2D eigenvalue weighted by Crippen LogP contribution is -2.27. The first-order valence-electron chi connectivity index (χ1n) is 6.50. The molecule has 19 heavy (non-hydrogen) atoms. The molecular weight excluding hydrogens is 264 g/mol. The molecule has 0 bridgehead atoms. The normalized spacial score (nSPS) is 24.3. The zero-order valence-corrected chi connectivity index (χ0v) is 11.7. The topological polar surface area (TPSA) is 72.2 Å². The molecule has 1 fully saturated rings. The van der Waals surface area contributed by atoms with Gasteiger partial charge in [0.1, 0.15) is 4.90 Å². The van der Waals surface area contributed by atoms with Crippen molar-refractivity contribution in [2.75, 3.05) is 6.54 Å². The van der Waals surface area contributed by atoms with Gasteiger partial charge in [0.2, 0.25) is 0 Å². The average Bonchev–Trinajstić information content (AvgIpc) is 2.87. The molecule has 3 unspecified atom stereocenters. The van der Waals surface area contributed by atoms with Crippen molar-refractivity contribution < 1.29 is 9.13 Å². The molecule has 0 spiro atoms. The molecule has 104 valence electrons. The maximum absolute atomic E-state index is 12.5. The van der Waals surface area contributed by atoms with Crippen LogP contribution in [0.4, 0.5) is 5.69 Å². The number of hydrogen-bond donors (Lipinski definition) is 1. The van der Waals surface area contributed by atoms with E-state index in [0.717, 1.165) is 25.8 Å². The maximum atomic E-state index is 12.5. The van der Waals surface area contributed by atoms with E-state index in [4.69, 9.17) is 0 Å². The zero-order chi connectivity index (χ0) is 13.8. The molecule has 1 aromatic rings. The number of nitrogens with zero attached hydrogens (tertiary/aromatic N) is 1. The molecule has 1 aliphatic rings. The summed E-state index contributed by atoms with van der Waals surface area (Å²) in [6.07, 6.45) is 2.67. The summed E-state index contributed by atoms with van der Waals surface area (Å²) >= 11 is 0. The summed E-state index contributed by atoms with van der Waals surface area (Å²) in [6, 6.07) is 6.73. The van der Waals surface area contributed by atoms with Crippen molar-refractivity contribution in [3.63, 3.8) is 0 Å². The smallest absolute Gasteiger partial charge is 0.285 e. The van der Waals surface area contributed by atoms with Gasteiger partial charge in [0.15, 0.2) is 0 Å². The molecule has 1 saturated carbocycles. The molecule has 0 amide bonds. The minimum Gasteiger partial charge on any atom is -0.314 e. The van der Waals surface area contributed by atoms with Crippen LogP contribution in [0.5, 0.6) is 0 Å². The third kappa shape index (κ3) is 3.19. The molecule has 1 aliphatic carbocycles. The summed E-state index contributed by atoms with van der Waals surface area (Å²) < 4.78 is 12.5. The number of hydrogen-bond acceptors (Lipinski definition) is 4. The van der Waals surface area contributed by atoms with Gasteiger partial charge in [0.25, 0.3) is 5.69 Å². The molecule has 1 aromatic carbocycles. The standard InChI is InChI=1S/C13H18N2O3S/c1-2-14-10-7-8-11(9-10)19(18)13-6-4-3-5-12(13)15(16)17/h3-6,10-11,14H,2,7-9H2,1H3. The lowest BCUT2D eigenvalue weighted by Gasteiger charge is -2.12. The third-order valence-electron chi connectivity index (χ3n) is 3.46. The third-order valence-corrected chi connectivity index (χ3v) is 5.27. The second kappa shape index (κ2) is 6.25. The summed E-state index contributed by atoms with van der Waals surface area (Å²) in [5.41, 5.74) is -0.0345. The maximum Gasteiger partial charge on any atom is 0.285 e. The van der Waals surface area contributed by atoms with Crippen LogP contribution in [-0.2, 0) is 10.8 Å². The summed E-state index contributed by atoms with van der Waals surface area (Å²) in [4.78, 5) is 10.9. The second-order valence-corrected chi connectivity index (χ2v) is 6.41. The van der Waals surface area contributed by atoms with Crippen LogP contribution in [0.3, 0.4) is 0 Å². The first-order chi connectivity index (χ1) is 9.13. The van der Waals surface area contributed by atoms with E-state index < -0.39 is 15.7 Å². The number of benzene rings is 1. The minimum atomic E-state index is -1.30. The highest BCUT2D eigenvalue weighted by molar-refractivity contribution is 7.85. The van der Waals surface area contributed by atoms with Gasteiger partial charge >= 0.3 is 0 Å². The molecule has 3 atom stereocenters. The number of rotatable bonds is 5. The van der Waals surface area contributed by atoms with Crippen molar-refractivity contribution in [2.45, 2.75) is 42.4 Å². The summed E-state index contributed by atoms with van der Waals surface area (Å²) in [7, 11) is -1.30. The molecule has 1 N–H and O–H groups in total. The number of nitro groups is 1. The Morgan fingerprint density at radius 1 is 1.42 bits per heavy atom. The van der Waals surface area contributed by atoms with Gasteiger partial charge in [-0.05, 0) is 31.9 Å². The van der Waals surface area contributed by atoms with Gasteiger partial charge < -0.3 is 5.32 Å². The highest BCUT2D eigenvalue weighted by atomic mass is 32.2. The van der Waals surface area contributed by atoms with Gasteiger partial charge in [-0.25, -0.2) is 0 Å². The number of nitro benzene ring substituents is 1. The first-order valence-corrected chi connectivity index (χ1v) is 7.72. The van der Waals surface area contributed by atoms with Gasteiger partial charge in [-0.2, -0.15) is 0 Å². The van der Waals surface area contributed by atoms with Gasteiger partial charge in [-0.1, -0.05) is 19.1 Å². The first kappa shape index (κ1) is 14.1. The average molecular weight is 282 g/mol. The Bertz CT molecular complexity index is 493. The monoisotopic (exact) mass is 282 g/mol. The predicted octanol–water partition coefficient (Wildman–Crippen LogP) is 2.23. The highest BCUT2D eigenvalue weighted by Gasteiger charge is 2.31. The summed E-state index contributed by atoms with van der Waals surface area (Å²) in [5, 5.41) is 14.3. The molecule has 0 heterocycles. The van der Waals surface area contributed by atoms with Gasteiger partial charge in [0, 0.05) is 17.4 Å². The summed E-state index contributed by atoms with van der Waals surface area (Å²) in [6.45, 7) is 2.95. The Morgan fingerprint density at radius 2 is 2.16 bits per heavy atom. The molecule has 6 heteroatoms. The fourth-order valence-electron chi connectivity index (χ4n) is 2.57. The molecule has 0 aliphatic heterocycles. The van der Waals surface area contributed by atoms with Crippen LogP contribution in [0.1, 0.15) is 26.2 Å². The van der Waals surface area contributed by atoms with Crippen LogP contribution in [0.15, 0.2) is 29.2 Å². The van der Waals surface area contributed by atoms with Crippen molar-refractivity contribution >= 4 is 16.5 Å². The van der Waals surface area contributed by atoms with Gasteiger partial charge in [0.05, 0.1) is 15.7 Å². The van der Waals surface area contributed by atoms with E-state index >= 15 is 0 Å². The fraction of sp³-hybridized carbons (Fsp3) is 0.538. The van der Waals surface area contributed by atoms with Crippen molar-refractivity contribution in [2.24, 2.45) is 0 Å². The molecule has 0 radical (unpaired) electrons. The largest absolute Gasteiger partial charge is 0.314 e. The van der Waals surface area contributed by atoms with E-state index in [1.54, 1.807) is 18.2 Å². The van der Waals surface area contributed by atoms with Crippen molar-refractivity contribution in [1.82, 2.24) is 5.32 Å². The van der Waals surface area contributed by atoms with E-state index in [1.165, 1.54) is 6.07 Å². The van der Waals surface area contributed by atoms with Crippen LogP contribution in [0.2, 0.25) is 0 Å². The van der Waals surface area contributed by atoms with Crippen LogP contribution in [0.25, 0.3) is 0 Å². The van der Waals surface area contributed by atoms with Crippen LogP contribution < -0.4 is 5.32 Å². The molecular formula is C13H18N2O3S. The molecule has 0 saturated heterocycles. The highest BCUT2D eigenvalue weighted by Crippen LogP contribution is 2.31. The Hall–Kier alpha value is -1.27. The van der Waals surface area contributed by atoms with Crippen LogP contribution in [0, 0.1) is 10.1 Å². The van der Waals surface area contributed by atoms with Gasteiger partial charge in [-0.15, -0.1) is 0 Å². The SMILES string of the molecule is CCNC1CCC(S(=O)c2ccccc2[N+](=O)[O-])C1. The Morgan fingerprint density at radius 3 is 2.84 bits per heavy atom. The van der Waals surface area contributed by atoms with Crippen LogP contribution in [-0.4, -0.2) is 27.0 Å². The molecule has 5 nitrogen and oxygen atoms in total.